The number of hydrogen-bond acceptors (Lipinski definition) is 1. The monoisotopic (exact) mass is 218 g/mol. The molecule has 1 N–H and O–H groups in total. The van der Waals surface area contributed by atoms with E-state index < -0.39 is 0 Å². The first-order chi connectivity index (χ1) is 7.56. The average molecular weight is 218 g/mol. The summed E-state index contributed by atoms with van der Waals surface area (Å²) in [5, 5.41) is 2.94. The summed E-state index contributed by atoms with van der Waals surface area (Å²) < 4.78 is 0. The van der Waals surface area contributed by atoms with Gasteiger partial charge in [0.25, 0.3) is 0 Å². The van der Waals surface area contributed by atoms with Crippen molar-refractivity contribution < 1.29 is 4.79 Å². The zero-order chi connectivity index (χ0) is 11.7. The summed E-state index contributed by atoms with van der Waals surface area (Å²) in [5.74, 6) is 0. The van der Waals surface area contributed by atoms with Crippen LogP contribution < -0.4 is 5.32 Å². The molecule has 1 heterocycles. The number of aryl methyl sites for hydroxylation is 2. The highest BCUT2D eigenvalue weighted by Gasteiger charge is 2.28. The fourth-order valence-electron chi connectivity index (χ4n) is 2.06. The maximum atomic E-state index is 11.8. The van der Waals surface area contributed by atoms with Crippen molar-refractivity contribution in [3.63, 3.8) is 0 Å². The molecule has 1 aromatic rings. The largest absolute Gasteiger partial charge is 0.322 e. The third-order valence-corrected chi connectivity index (χ3v) is 3.05. The van der Waals surface area contributed by atoms with Crippen molar-refractivity contribution >= 4 is 11.7 Å². The Labute approximate surface area is 96.5 Å². The van der Waals surface area contributed by atoms with E-state index in [2.05, 4.69) is 18.3 Å². The van der Waals surface area contributed by atoms with Crippen LogP contribution in [0.4, 0.5) is 10.5 Å². The molecule has 3 nitrogen and oxygen atoms in total. The van der Waals surface area contributed by atoms with E-state index in [1.165, 1.54) is 11.1 Å². The number of rotatable bonds is 1. The number of anilines is 1. The van der Waals surface area contributed by atoms with E-state index in [4.69, 9.17) is 0 Å². The topological polar surface area (TPSA) is 32.3 Å². The van der Waals surface area contributed by atoms with Crippen molar-refractivity contribution in [3.8, 4) is 0 Å². The van der Waals surface area contributed by atoms with Crippen LogP contribution >= 0.6 is 0 Å². The maximum Gasteiger partial charge on any atom is 0.322 e. The third kappa shape index (κ3) is 2.18. The summed E-state index contributed by atoms with van der Waals surface area (Å²) in [6, 6.07) is 6.49. The normalized spacial score (nSPS) is 19.2. The number of amides is 2. The second kappa shape index (κ2) is 4.16. The molecule has 86 valence electrons. The van der Waals surface area contributed by atoms with Gasteiger partial charge >= 0.3 is 6.03 Å². The lowest BCUT2D eigenvalue weighted by Gasteiger charge is -2.38. The fourth-order valence-corrected chi connectivity index (χ4v) is 2.06. The number of benzene rings is 1. The van der Waals surface area contributed by atoms with Crippen LogP contribution in [-0.4, -0.2) is 23.5 Å². The van der Waals surface area contributed by atoms with Gasteiger partial charge in [-0.2, -0.15) is 0 Å². The number of nitrogens with zero attached hydrogens (tertiary/aromatic N) is 1. The maximum absolute atomic E-state index is 11.8. The van der Waals surface area contributed by atoms with Gasteiger partial charge in [0.1, 0.15) is 0 Å². The number of hydrogen-bond donors (Lipinski definition) is 1. The van der Waals surface area contributed by atoms with Crippen molar-refractivity contribution in [2.75, 3.05) is 11.9 Å². The molecule has 2 amide bonds. The van der Waals surface area contributed by atoms with Crippen LogP contribution in [0.25, 0.3) is 0 Å². The zero-order valence-electron chi connectivity index (χ0n) is 10.1. The Morgan fingerprint density at radius 1 is 1.31 bits per heavy atom. The Bertz CT molecular complexity index is 394. The van der Waals surface area contributed by atoms with Crippen molar-refractivity contribution in [1.82, 2.24) is 4.90 Å². The zero-order valence-corrected chi connectivity index (χ0v) is 10.1. The number of carbonyl (C=O) groups excluding carboxylic acids is 1. The summed E-state index contributed by atoms with van der Waals surface area (Å²) in [4.78, 5) is 13.7. The quantitative estimate of drug-likeness (QED) is 0.772. The molecule has 1 aliphatic rings. The standard InChI is InChI=1S/C13H18N2O/c1-9-6-10(2)8-12(7-9)14-13(16)15-5-4-11(15)3/h6-8,11H,4-5H2,1-3H3,(H,14,16). The summed E-state index contributed by atoms with van der Waals surface area (Å²) in [5.41, 5.74) is 3.24. The first kappa shape index (κ1) is 11.0. The molecule has 3 heteroatoms. The molecule has 16 heavy (non-hydrogen) atoms. The predicted octanol–water partition coefficient (Wildman–Crippen LogP) is 2.93. The van der Waals surface area contributed by atoms with Crippen LogP contribution in [0.3, 0.4) is 0 Å². The minimum Gasteiger partial charge on any atom is -0.322 e. The Morgan fingerprint density at radius 2 is 1.94 bits per heavy atom. The fraction of sp³-hybridized carbons (Fsp3) is 0.462. The first-order valence-electron chi connectivity index (χ1n) is 5.72. The molecule has 1 atom stereocenters. The first-order valence-corrected chi connectivity index (χ1v) is 5.72. The molecule has 1 aliphatic heterocycles. The van der Waals surface area contributed by atoms with Gasteiger partial charge in [0.15, 0.2) is 0 Å². The summed E-state index contributed by atoms with van der Waals surface area (Å²) in [7, 11) is 0. The van der Waals surface area contributed by atoms with E-state index in [9.17, 15) is 4.79 Å². The molecule has 0 radical (unpaired) electrons. The average Bonchev–Trinajstić information content (AvgIpc) is 2.13. The van der Waals surface area contributed by atoms with Gasteiger partial charge in [0, 0.05) is 18.3 Å². The van der Waals surface area contributed by atoms with E-state index in [0.29, 0.717) is 6.04 Å². The van der Waals surface area contributed by atoms with E-state index >= 15 is 0 Å². The Balaban J connectivity index is 2.05. The highest BCUT2D eigenvalue weighted by atomic mass is 16.2. The van der Waals surface area contributed by atoms with Crippen LogP contribution in [0, 0.1) is 13.8 Å². The molecule has 0 aliphatic carbocycles. The molecular weight excluding hydrogens is 200 g/mol. The lowest BCUT2D eigenvalue weighted by Crippen LogP contribution is -2.51. The van der Waals surface area contributed by atoms with Gasteiger partial charge in [-0.15, -0.1) is 0 Å². The van der Waals surface area contributed by atoms with Gasteiger partial charge in [-0.05, 0) is 50.5 Å². The van der Waals surface area contributed by atoms with Gasteiger partial charge in [-0.1, -0.05) is 6.07 Å². The minimum absolute atomic E-state index is 0.0174. The molecule has 0 aromatic heterocycles. The SMILES string of the molecule is Cc1cc(C)cc(NC(=O)N2CCC2C)c1. The number of likely N-dealkylation sites (tertiary alicyclic amines) is 1. The highest BCUT2D eigenvalue weighted by molar-refractivity contribution is 5.90. The van der Waals surface area contributed by atoms with Crippen LogP contribution in [0.15, 0.2) is 18.2 Å². The number of carbonyl (C=O) groups is 1. The van der Waals surface area contributed by atoms with Crippen molar-refractivity contribution in [2.45, 2.75) is 33.2 Å². The molecule has 2 rings (SSSR count). The van der Waals surface area contributed by atoms with Gasteiger partial charge < -0.3 is 10.2 Å². The molecule has 1 unspecified atom stereocenters. The Hall–Kier alpha value is -1.51. The van der Waals surface area contributed by atoms with Gasteiger partial charge in [0.05, 0.1) is 0 Å². The van der Waals surface area contributed by atoms with Crippen molar-refractivity contribution in [3.05, 3.63) is 29.3 Å². The minimum atomic E-state index is 0.0174. The predicted molar refractivity (Wildman–Crippen MR) is 65.7 cm³/mol. The Morgan fingerprint density at radius 3 is 2.38 bits per heavy atom. The second-order valence-corrected chi connectivity index (χ2v) is 4.64. The number of nitrogens with one attached hydrogen (secondary N) is 1. The van der Waals surface area contributed by atoms with Gasteiger partial charge in [0.2, 0.25) is 0 Å². The van der Waals surface area contributed by atoms with Crippen LogP contribution in [0.1, 0.15) is 24.5 Å². The van der Waals surface area contributed by atoms with E-state index in [-0.39, 0.29) is 6.03 Å². The molecule has 0 saturated carbocycles. The lowest BCUT2D eigenvalue weighted by atomic mass is 10.1. The van der Waals surface area contributed by atoms with Crippen molar-refractivity contribution in [2.24, 2.45) is 0 Å². The smallest absolute Gasteiger partial charge is 0.322 e. The van der Waals surface area contributed by atoms with Crippen molar-refractivity contribution in [1.29, 1.82) is 0 Å². The molecule has 1 saturated heterocycles. The number of urea groups is 1. The molecule has 0 spiro atoms. The van der Waals surface area contributed by atoms with Gasteiger partial charge in [-0.3, -0.25) is 0 Å². The van der Waals surface area contributed by atoms with Crippen LogP contribution in [0.5, 0.6) is 0 Å². The van der Waals surface area contributed by atoms with Gasteiger partial charge in [-0.25, -0.2) is 4.79 Å². The van der Waals surface area contributed by atoms with Crippen LogP contribution in [0.2, 0.25) is 0 Å². The summed E-state index contributed by atoms with van der Waals surface area (Å²) >= 11 is 0. The van der Waals surface area contributed by atoms with E-state index in [0.717, 1.165) is 18.7 Å². The lowest BCUT2D eigenvalue weighted by molar-refractivity contribution is 0.136. The van der Waals surface area contributed by atoms with E-state index in [1.54, 1.807) is 0 Å². The Kier molecular flexibility index (Phi) is 2.86. The summed E-state index contributed by atoms with van der Waals surface area (Å²) in [6.07, 6.45) is 1.11. The molecule has 1 fully saturated rings. The van der Waals surface area contributed by atoms with Crippen LogP contribution in [-0.2, 0) is 0 Å². The third-order valence-electron chi connectivity index (χ3n) is 3.05. The van der Waals surface area contributed by atoms with E-state index in [1.807, 2.05) is 30.9 Å². The highest BCUT2D eigenvalue weighted by Crippen LogP contribution is 2.19. The molecule has 0 bridgehead atoms. The molecule has 1 aromatic carbocycles. The second-order valence-electron chi connectivity index (χ2n) is 4.64. The summed E-state index contributed by atoms with van der Waals surface area (Å²) in [6.45, 7) is 7.02. The molecular formula is C13H18N2O.